The maximum absolute atomic E-state index is 12.8. The maximum atomic E-state index is 12.8. The molecule has 1 saturated heterocycles. The van der Waals surface area contributed by atoms with Crippen molar-refractivity contribution in [2.45, 2.75) is 32.0 Å². The Balaban J connectivity index is 2.74. The van der Waals surface area contributed by atoms with Gasteiger partial charge in [0.15, 0.2) is 0 Å². The summed E-state index contributed by atoms with van der Waals surface area (Å²) in [6.07, 6.45) is -2.64. The second-order valence-electron chi connectivity index (χ2n) is 4.25. The maximum Gasteiger partial charge on any atom is 0.419 e. The summed E-state index contributed by atoms with van der Waals surface area (Å²) in [5, 5.41) is 0. The minimum absolute atomic E-state index is 0.262. The molecular weight excluding hydrogens is 245 g/mol. The lowest BCUT2D eigenvalue weighted by molar-refractivity contribution is -0.0973. The summed E-state index contributed by atoms with van der Waals surface area (Å²) in [5.74, 6) is -0.350. The van der Waals surface area contributed by atoms with Crippen molar-refractivity contribution in [3.05, 3.63) is 36.1 Å². The Bertz CT molecular complexity index is 350. The SMILES string of the molecule is C=C(C)/C=C(\C(=C)OC1CCOCC1)C(F)(F)F. The zero-order chi connectivity index (χ0) is 13.8. The summed E-state index contributed by atoms with van der Waals surface area (Å²) in [6.45, 7) is 9.32. The second kappa shape index (κ2) is 6.09. The molecule has 0 atom stereocenters. The van der Waals surface area contributed by atoms with E-state index in [1.807, 2.05) is 0 Å². The molecule has 5 heteroatoms. The summed E-state index contributed by atoms with van der Waals surface area (Å²) in [7, 11) is 0. The third-order valence-electron chi connectivity index (χ3n) is 2.47. The lowest BCUT2D eigenvalue weighted by atomic mass is 10.1. The topological polar surface area (TPSA) is 18.5 Å². The van der Waals surface area contributed by atoms with E-state index in [1.54, 1.807) is 0 Å². The summed E-state index contributed by atoms with van der Waals surface area (Å²) >= 11 is 0. The summed E-state index contributed by atoms with van der Waals surface area (Å²) in [5.41, 5.74) is -0.569. The van der Waals surface area contributed by atoms with Crippen molar-refractivity contribution < 1.29 is 22.6 Å². The van der Waals surface area contributed by atoms with Crippen LogP contribution in [0.1, 0.15) is 19.8 Å². The molecule has 1 heterocycles. The van der Waals surface area contributed by atoms with Crippen molar-refractivity contribution in [2.75, 3.05) is 13.2 Å². The fraction of sp³-hybridized carbons (Fsp3) is 0.538. The zero-order valence-corrected chi connectivity index (χ0v) is 10.3. The molecule has 0 spiro atoms. The van der Waals surface area contributed by atoms with Crippen molar-refractivity contribution in [1.29, 1.82) is 0 Å². The number of halogens is 3. The Kier molecular flexibility index (Phi) is 5.02. The number of allylic oxidation sites excluding steroid dienone is 3. The molecule has 1 rings (SSSR count). The fourth-order valence-electron chi connectivity index (χ4n) is 1.63. The van der Waals surface area contributed by atoms with Gasteiger partial charge in [0.05, 0.1) is 18.8 Å². The predicted molar refractivity (Wildman–Crippen MR) is 63.0 cm³/mol. The van der Waals surface area contributed by atoms with Crippen LogP contribution in [0.3, 0.4) is 0 Å². The first-order valence-corrected chi connectivity index (χ1v) is 5.69. The van der Waals surface area contributed by atoms with E-state index in [-0.39, 0.29) is 11.9 Å². The summed E-state index contributed by atoms with van der Waals surface area (Å²) < 4.78 is 48.8. The number of rotatable bonds is 4. The van der Waals surface area contributed by atoms with Crippen LogP contribution in [0.5, 0.6) is 0 Å². The van der Waals surface area contributed by atoms with Crippen LogP contribution in [0.15, 0.2) is 36.1 Å². The van der Waals surface area contributed by atoms with Crippen LogP contribution in [0, 0.1) is 0 Å². The van der Waals surface area contributed by atoms with Crippen LogP contribution < -0.4 is 0 Å². The van der Waals surface area contributed by atoms with E-state index < -0.39 is 11.7 Å². The van der Waals surface area contributed by atoms with Crippen molar-refractivity contribution in [2.24, 2.45) is 0 Å². The number of hydrogen-bond donors (Lipinski definition) is 0. The molecule has 0 unspecified atom stereocenters. The van der Waals surface area contributed by atoms with Gasteiger partial charge in [0.1, 0.15) is 11.9 Å². The van der Waals surface area contributed by atoms with Gasteiger partial charge in [-0.05, 0) is 13.0 Å². The van der Waals surface area contributed by atoms with Crippen LogP contribution >= 0.6 is 0 Å². The molecule has 1 aliphatic heterocycles. The van der Waals surface area contributed by atoms with Crippen LogP contribution in [0.4, 0.5) is 13.2 Å². The van der Waals surface area contributed by atoms with Gasteiger partial charge in [-0.2, -0.15) is 13.2 Å². The van der Waals surface area contributed by atoms with Crippen LogP contribution in [-0.2, 0) is 9.47 Å². The van der Waals surface area contributed by atoms with Gasteiger partial charge in [0.2, 0.25) is 0 Å². The third kappa shape index (κ3) is 4.56. The molecule has 102 valence electrons. The largest absolute Gasteiger partial charge is 0.490 e. The molecule has 0 amide bonds. The van der Waals surface area contributed by atoms with E-state index in [9.17, 15) is 13.2 Å². The van der Waals surface area contributed by atoms with E-state index in [0.717, 1.165) is 6.08 Å². The normalized spacial score (nSPS) is 18.6. The molecule has 1 fully saturated rings. The molecule has 0 aromatic carbocycles. The second-order valence-corrected chi connectivity index (χ2v) is 4.25. The highest BCUT2D eigenvalue weighted by Crippen LogP contribution is 2.33. The molecule has 0 radical (unpaired) electrons. The zero-order valence-electron chi connectivity index (χ0n) is 10.3. The molecular formula is C13H17F3O2. The standard InChI is InChI=1S/C13H17F3O2/c1-9(2)8-12(13(14,15)16)10(3)18-11-4-6-17-7-5-11/h8,11H,1,3-7H2,2H3/b12-8+. The average molecular weight is 262 g/mol. The minimum Gasteiger partial charge on any atom is -0.490 e. The smallest absolute Gasteiger partial charge is 0.419 e. The quantitative estimate of drug-likeness (QED) is 0.567. The van der Waals surface area contributed by atoms with Crippen LogP contribution in [-0.4, -0.2) is 25.5 Å². The highest BCUT2D eigenvalue weighted by atomic mass is 19.4. The van der Waals surface area contributed by atoms with Gasteiger partial charge in [0, 0.05) is 12.8 Å². The fourth-order valence-corrected chi connectivity index (χ4v) is 1.63. The van der Waals surface area contributed by atoms with Crippen molar-refractivity contribution in [3.63, 3.8) is 0 Å². The monoisotopic (exact) mass is 262 g/mol. The van der Waals surface area contributed by atoms with E-state index in [2.05, 4.69) is 13.2 Å². The minimum atomic E-state index is -4.48. The van der Waals surface area contributed by atoms with E-state index in [1.165, 1.54) is 6.92 Å². The van der Waals surface area contributed by atoms with Gasteiger partial charge in [-0.3, -0.25) is 0 Å². The average Bonchev–Trinajstić information content (AvgIpc) is 2.25. The van der Waals surface area contributed by atoms with Gasteiger partial charge in [-0.1, -0.05) is 18.7 Å². The van der Waals surface area contributed by atoms with Crippen LogP contribution in [0.2, 0.25) is 0 Å². The molecule has 0 N–H and O–H groups in total. The number of hydrogen-bond acceptors (Lipinski definition) is 2. The third-order valence-corrected chi connectivity index (χ3v) is 2.47. The molecule has 0 saturated carbocycles. The number of ether oxygens (including phenoxy) is 2. The molecule has 0 aromatic heterocycles. The molecule has 0 aromatic rings. The lowest BCUT2D eigenvalue weighted by Gasteiger charge is -2.25. The van der Waals surface area contributed by atoms with Gasteiger partial charge < -0.3 is 9.47 Å². The van der Waals surface area contributed by atoms with Crippen LogP contribution in [0.25, 0.3) is 0 Å². The Morgan fingerprint density at radius 3 is 2.28 bits per heavy atom. The first-order chi connectivity index (χ1) is 8.30. The van der Waals surface area contributed by atoms with E-state index in [4.69, 9.17) is 9.47 Å². The molecule has 0 aliphatic carbocycles. The Hall–Kier alpha value is -1.23. The summed E-state index contributed by atoms with van der Waals surface area (Å²) in [6, 6.07) is 0. The Morgan fingerprint density at radius 1 is 1.28 bits per heavy atom. The summed E-state index contributed by atoms with van der Waals surface area (Å²) in [4.78, 5) is 0. The Morgan fingerprint density at radius 2 is 1.83 bits per heavy atom. The van der Waals surface area contributed by atoms with Gasteiger partial charge in [-0.15, -0.1) is 0 Å². The molecule has 0 bridgehead atoms. The van der Waals surface area contributed by atoms with E-state index in [0.29, 0.717) is 31.6 Å². The Labute approximate surface area is 105 Å². The molecule has 2 nitrogen and oxygen atoms in total. The first kappa shape index (κ1) is 14.8. The number of alkyl halides is 3. The van der Waals surface area contributed by atoms with Crippen molar-refractivity contribution in [1.82, 2.24) is 0 Å². The molecule has 1 aliphatic rings. The first-order valence-electron chi connectivity index (χ1n) is 5.69. The van der Waals surface area contributed by atoms with Gasteiger partial charge >= 0.3 is 6.18 Å². The lowest BCUT2D eigenvalue weighted by Crippen LogP contribution is -2.25. The van der Waals surface area contributed by atoms with Crippen molar-refractivity contribution >= 4 is 0 Å². The molecule has 18 heavy (non-hydrogen) atoms. The van der Waals surface area contributed by atoms with E-state index >= 15 is 0 Å². The van der Waals surface area contributed by atoms with Gasteiger partial charge in [0.25, 0.3) is 0 Å². The predicted octanol–water partition coefficient (Wildman–Crippen LogP) is 3.76. The van der Waals surface area contributed by atoms with Gasteiger partial charge in [-0.25, -0.2) is 0 Å². The highest BCUT2D eigenvalue weighted by molar-refractivity contribution is 5.34. The van der Waals surface area contributed by atoms with Crippen molar-refractivity contribution in [3.8, 4) is 0 Å². The highest BCUT2D eigenvalue weighted by Gasteiger charge is 2.37.